The van der Waals surface area contributed by atoms with E-state index in [1.165, 1.54) is 19.7 Å². The number of carbonyl (C=O) groups is 1. The highest BCUT2D eigenvalue weighted by molar-refractivity contribution is 5.91. The maximum Gasteiger partial charge on any atom is 0.312 e. The van der Waals surface area contributed by atoms with E-state index in [1.807, 2.05) is 31.2 Å². The van der Waals surface area contributed by atoms with Crippen LogP contribution in [-0.4, -0.2) is 25.1 Å². The van der Waals surface area contributed by atoms with Gasteiger partial charge in [-0.15, -0.1) is 0 Å². The molecule has 1 heterocycles. The lowest BCUT2D eigenvalue weighted by Gasteiger charge is -2.11. The van der Waals surface area contributed by atoms with E-state index in [2.05, 4.69) is 0 Å². The van der Waals surface area contributed by atoms with Crippen molar-refractivity contribution in [2.75, 3.05) is 14.2 Å². The fourth-order valence-electron chi connectivity index (χ4n) is 1.56. The van der Waals surface area contributed by atoms with E-state index in [0.29, 0.717) is 5.76 Å². The van der Waals surface area contributed by atoms with Gasteiger partial charge in [0.05, 0.1) is 7.11 Å². The van der Waals surface area contributed by atoms with Gasteiger partial charge in [-0.05, 0) is 19.1 Å². The van der Waals surface area contributed by atoms with Crippen LogP contribution in [0.2, 0.25) is 0 Å². The first-order chi connectivity index (χ1) is 8.61. The lowest BCUT2D eigenvalue weighted by Crippen LogP contribution is -2.24. The molecule has 0 bridgehead atoms. The molecule has 1 aromatic heterocycles. The van der Waals surface area contributed by atoms with E-state index < -0.39 is 0 Å². The lowest BCUT2D eigenvalue weighted by molar-refractivity contribution is -0.0773. The van der Waals surface area contributed by atoms with Crippen molar-refractivity contribution >= 4 is 5.91 Å². The number of hydrogen-bond donors (Lipinski definition) is 0. The first kappa shape index (κ1) is 12.4. The quantitative estimate of drug-likeness (QED) is 0.781. The molecule has 0 aliphatic carbocycles. The van der Waals surface area contributed by atoms with Crippen LogP contribution in [0.4, 0.5) is 0 Å². The highest BCUT2D eigenvalue weighted by atomic mass is 16.7. The van der Waals surface area contributed by atoms with Crippen LogP contribution in [0.3, 0.4) is 0 Å². The molecule has 94 valence electrons. The van der Waals surface area contributed by atoms with Crippen molar-refractivity contribution < 1.29 is 14.0 Å². The summed E-state index contributed by atoms with van der Waals surface area (Å²) in [5.74, 6) is 0.619. The molecule has 1 aromatic carbocycles. The lowest BCUT2D eigenvalue weighted by atomic mass is 10.1. The molecule has 2 aromatic rings. The number of rotatable bonds is 3. The number of aryl methyl sites for hydroxylation is 1. The zero-order valence-electron chi connectivity index (χ0n) is 10.6. The van der Waals surface area contributed by atoms with Crippen LogP contribution in [0.1, 0.15) is 16.1 Å². The molecule has 0 aliphatic heterocycles. The molecule has 1 amide bonds. The molecule has 0 aliphatic rings. The fourth-order valence-corrected chi connectivity index (χ4v) is 1.56. The molecule has 4 heteroatoms. The second-order valence-electron chi connectivity index (χ2n) is 4.02. The summed E-state index contributed by atoms with van der Waals surface area (Å²) in [5, 5.41) is 1.12. The van der Waals surface area contributed by atoms with Gasteiger partial charge in [-0.1, -0.05) is 29.8 Å². The molecule has 0 radical (unpaired) electrons. The molecule has 0 spiro atoms. The van der Waals surface area contributed by atoms with Crippen molar-refractivity contribution in [2.24, 2.45) is 0 Å². The number of hydroxylamine groups is 2. The Morgan fingerprint density at radius 2 is 1.83 bits per heavy atom. The molecular formula is C14H15NO3. The van der Waals surface area contributed by atoms with E-state index in [9.17, 15) is 4.79 Å². The summed E-state index contributed by atoms with van der Waals surface area (Å²) in [6.45, 7) is 2.02. The normalized spacial score (nSPS) is 10.4. The minimum Gasteiger partial charge on any atom is -0.451 e. The summed E-state index contributed by atoms with van der Waals surface area (Å²) in [4.78, 5) is 16.6. The zero-order valence-corrected chi connectivity index (χ0v) is 10.6. The van der Waals surface area contributed by atoms with Gasteiger partial charge < -0.3 is 4.42 Å². The Hall–Kier alpha value is -2.07. The summed E-state index contributed by atoms with van der Waals surface area (Å²) in [5.41, 5.74) is 2.13. The third-order valence-electron chi connectivity index (χ3n) is 2.71. The van der Waals surface area contributed by atoms with Gasteiger partial charge in [0.15, 0.2) is 5.76 Å². The molecule has 0 saturated heterocycles. The minimum absolute atomic E-state index is 0.259. The van der Waals surface area contributed by atoms with Crippen LogP contribution in [0.5, 0.6) is 0 Å². The third kappa shape index (κ3) is 2.43. The molecule has 4 nitrogen and oxygen atoms in total. The van der Waals surface area contributed by atoms with Gasteiger partial charge in [-0.2, -0.15) is 0 Å². The standard InChI is InChI=1S/C14H15NO3/c1-10-4-6-11(7-5-10)12-8-9-13(18-12)14(16)15(2)17-3/h4-9H,1-3H3. The van der Waals surface area contributed by atoms with Gasteiger partial charge in [0, 0.05) is 12.6 Å². The molecule has 0 unspecified atom stereocenters. The molecule has 0 atom stereocenters. The molecular weight excluding hydrogens is 230 g/mol. The largest absolute Gasteiger partial charge is 0.451 e. The van der Waals surface area contributed by atoms with Crippen LogP contribution in [0.15, 0.2) is 40.8 Å². The van der Waals surface area contributed by atoms with Gasteiger partial charge in [0.1, 0.15) is 5.76 Å². The fraction of sp³-hybridized carbons (Fsp3) is 0.214. The Bertz CT molecular complexity index is 542. The second kappa shape index (κ2) is 5.06. The smallest absolute Gasteiger partial charge is 0.312 e. The van der Waals surface area contributed by atoms with Gasteiger partial charge in [-0.25, -0.2) is 5.06 Å². The Kier molecular flexibility index (Phi) is 3.48. The third-order valence-corrected chi connectivity index (χ3v) is 2.71. The maximum absolute atomic E-state index is 11.8. The Balaban J connectivity index is 2.25. The number of benzene rings is 1. The number of hydrogen-bond acceptors (Lipinski definition) is 3. The van der Waals surface area contributed by atoms with E-state index >= 15 is 0 Å². The van der Waals surface area contributed by atoms with Crippen molar-refractivity contribution in [3.05, 3.63) is 47.7 Å². The predicted molar refractivity (Wildman–Crippen MR) is 68.0 cm³/mol. The minimum atomic E-state index is -0.309. The number of amides is 1. The Morgan fingerprint density at radius 3 is 2.44 bits per heavy atom. The average Bonchev–Trinajstić information content (AvgIpc) is 2.87. The Morgan fingerprint density at radius 1 is 1.17 bits per heavy atom. The monoisotopic (exact) mass is 245 g/mol. The van der Waals surface area contributed by atoms with Gasteiger partial charge in [0.2, 0.25) is 0 Å². The van der Waals surface area contributed by atoms with Crippen LogP contribution in [-0.2, 0) is 4.84 Å². The Labute approximate surface area is 106 Å². The summed E-state index contributed by atoms with van der Waals surface area (Å²) in [7, 11) is 2.97. The molecule has 0 saturated carbocycles. The first-order valence-corrected chi connectivity index (χ1v) is 5.61. The molecule has 0 N–H and O–H groups in total. The topological polar surface area (TPSA) is 42.7 Å². The van der Waals surface area contributed by atoms with Crippen molar-refractivity contribution in [3.8, 4) is 11.3 Å². The summed E-state index contributed by atoms with van der Waals surface area (Å²) >= 11 is 0. The number of furan rings is 1. The molecule has 18 heavy (non-hydrogen) atoms. The summed E-state index contributed by atoms with van der Waals surface area (Å²) < 4.78 is 5.52. The highest BCUT2D eigenvalue weighted by Gasteiger charge is 2.16. The van der Waals surface area contributed by atoms with Crippen LogP contribution in [0, 0.1) is 6.92 Å². The summed E-state index contributed by atoms with van der Waals surface area (Å²) in [6, 6.07) is 11.3. The van der Waals surface area contributed by atoms with E-state index in [0.717, 1.165) is 10.6 Å². The van der Waals surface area contributed by atoms with Crippen molar-refractivity contribution in [1.29, 1.82) is 0 Å². The van der Waals surface area contributed by atoms with Gasteiger partial charge in [-0.3, -0.25) is 9.63 Å². The summed E-state index contributed by atoms with van der Waals surface area (Å²) in [6.07, 6.45) is 0. The predicted octanol–water partition coefficient (Wildman–Crippen LogP) is 2.89. The van der Waals surface area contributed by atoms with Crippen molar-refractivity contribution in [3.63, 3.8) is 0 Å². The molecule has 2 rings (SSSR count). The van der Waals surface area contributed by atoms with Crippen LogP contribution < -0.4 is 0 Å². The zero-order chi connectivity index (χ0) is 13.1. The first-order valence-electron chi connectivity index (χ1n) is 5.61. The number of carbonyl (C=O) groups excluding carboxylic acids is 1. The number of nitrogens with zero attached hydrogens (tertiary/aromatic N) is 1. The van der Waals surface area contributed by atoms with Gasteiger partial charge in [0.25, 0.3) is 0 Å². The van der Waals surface area contributed by atoms with Gasteiger partial charge >= 0.3 is 5.91 Å². The SMILES string of the molecule is CON(C)C(=O)c1ccc(-c2ccc(C)cc2)o1. The van der Waals surface area contributed by atoms with E-state index in [-0.39, 0.29) is 11.7 Å². The van der Waals surface area contributed by atoms with E-state index in [4.69, 9.17) is 9.25 Å². The molecule has 0 fully saturated rings. The van der Waals surface area contributed by atoms with Crippen LogP contribution >= 0.6 is 0 Å². The van der Waals surface area contributed by atoms with Crippen LogP contribution in [0.25, 0.3) is 11.3 Å². The maximum atomic E-state index is 11.8. The van der Waals surface area contributed by atoms with E-state index in [1.54, 1.807) is 12.1 Å². The average molecular weight is 245 g/mol. The second-order valence-corrected chi connectivity index (χ2v) is 4.02. The van der Waals surface area contributed by atoms with Crippen molar-refractivity contribution in [1.82, 2.24) is 5.06 Å². The van der Waals surface area contributed by atoms with Crippen molar-refractivity contribution in [2.45, 2.75) is 6.92 Å². The highest BCUT2D eigenvalue weighted by Crippen LogP contribution is 2.23.